The first kappa shape index (κ1) is 19.0. The number of carbonyl (C=O) groups is 3. The first-order chi connectivity index (χ1) is 12.2. The number of nitrogens with zero attached hydrogens (tertiary/aromatic N) is 2. The van der Waals surface area contributed by atoms with E-state index in [-0.39, 0.29) is 5.69 Å². The van der Waals surface area contributed by atoms with Crippen LogP contribution >= 0.6 is 0 Å². The minimum absolute atomic E-state index is 0.200. The van der Waals surface area contributed by atoms with Crippen molar-refractivity contribution in [3.63, 3.8) is 0 Å². The van der Waals surface area contributed by atoms with E-state index in [9.17, 15) is 14.4 Å². The molecule has 0 bridgehead atoms. The normalized spacial score (nSPS) is 12.2. The van der Waals surface area contributed by atoms with Gasteiger partial charge in [0.25, 0.3) is 11.8 Å². The van der Waals surface area contributed by atoms with Gasteiger partial charge in [-0.1, -0.05) is 0 Å². The van der Waals surface area contributed by atoms with Crippen molar-refractivity contribution in [1.82, 2.24) is 20.2 Å². The smallest absolute Gasteiger partial charge is 0.408 e. The third-order valence-electron chi connectivity index (χ3n) is 3.08. The van der Waals surface area contributed by atoms with Gasteiger partial charge in [-0.25, -0.2) is 4.79 Å². The SMILES string of the molecule is CC(NC(=O)OC(C)(C)C)C(=O)Nn1cccc1C(=O)Nc1cc[nH]n1. The summed E-state index contributed by atoms with van der Waals surface area (Å²) in [6.07, 6.45) is 2.38. The monoisotopic (exact) mass is 362 g/mol. The molecular weight excluding hydrogens is 340 g/mol. The van der Waals surface area contributed by atoms with Crippen LogP contribution in [0.2, 0.25) is 0 Å². The number of H-pyrrole nitrogens is 1. The Morgan fingerprint density at radius 2 is 2.00 bits per heavy atom. The van der Waals surface area contributed by atoms with E-state index in [1.54, 1.807) is 39.1 Å². The highest BCUT2D eigenvalue weighted by atomic mass is 16.6. The van der Waals surface area contributed by atoms with Gasteiger partial charge in [-0.2, -0.15) is 5.10 Å². The van der Waals surface area contributed by atoms with Gasteiger partial charge in [0.1, 0.15) is 17.3 Å². The highest BCUT2D eigenvalue weighted by Gasteiger charge is 2.22. The second-order valence-corrected chi connectivity index (χ2v) is 6.52. The van der Waals surface area contributed by atoms with Gasteiger partial charge in [0.2, 0.25) is 0 Å². The molecule has 0 saturated heterocycles. The average Bonchev–Trinajstić information content (AvgIpc) is 3.16. The number of alkyl carbamates (subject to hydrolysis) is 1. The predicted octanol–water partition coefficient (Wildman–Crippen LogP) is 1.45. The van der Waals surface area contributed by atoms with Crippen LogP contribution in [-0.4, -0.2) is 44.4 Å². The van der Waals surface area contributed by atoms with Crippen molar-refractivity contribution in [3.05, 3.63) is 36.3 Å². The molecule has 2 rings (SSSR count). The third kappa shape index (κ3) is 5.36. The van der Waals surface area contributed by atoms with E-state index < -0.39 is 29.6 Å². The van der Waals surface area contributed by atoms with Crippen LogP contribution in [0.1, 0.15) is 38.2 Å². The van der Waals surface area contributed by atoms with E-state index >= 15 is 0 Å². The number of amides is 3. The van der Waals surface area contributed by atoms with E-state index in [1.807, 2.05) is 0 Å². The Morgan fingerprint density at radius 1 is 1.27 bits per heavy atom. The summed E-state index contributed by atoms with van der Waals surface area (Å²) in [6, 6.07) is 3.87. The van der Waals surface area contributed by atoms with Crippen LogP contribution in [0.5, 0.6) is 0 Å². The van der Waals surface area contributed by atoms with Crippen molar-refractivity contribution in [3.8, 4) is 0 Å². The zero-order chi connectivity index (χ0) is 19.3. The number of ether oxygens (including phenoxy) is 1. The highest BCUT2D eigenvalue weighted by Crippen LogP contribution is 2.08. The maximum Gasteiger partial charge on any atom is 0.408 e. The molecule has 10 nitrogen and oxygen atoms in total. The Morgan fingerprint density at radius 3 is 2.62 bits per heavy atom. The quantitative estimate of drug-likeness (QED) is 0.639. The molecule has 3 amide bonds. The molecule has 0 fully saturated rings. The zero-order valence-electron chi connectivity index (χ0n) is 15.0. The second kappa shape index (κ2) is 7.72. The fourth-order valence-corrected chi connectivity index (χ4v) is 1.94. The molecular formula is C16H22N6O4. The summed E-state index contributed by atoms with van der Waals surface area (Å²) in [5.41, 5.74) is 2.07. The van der Waals surface area contributed by atoms with Gasteiger partial charge in [-0.15, -0.1) is 0 Å². The maximum absolute atomic E-state index is 12.3. The summed E-state index contributed by atoms with van der Waals surface area (Å²) in [5, 5.41) is 11.4. The molecule has 140 valence electrons. The summed E-state index contributed by atoms with van der Waals surface area (Å²) in [6.45, 7) is 6.68. The van der Waals surface area contributed by atoms with Crippen LogP contribution in [0.15, 0.2) is 30.6 Å². The van der Waals surface area contributed by atoms with E-state index in [4.69, 9.17) is 4.74 Å². The molecule has 0 aromatic carbocycles. The van der Waals surface area contributed by atoms with Gasteiger partial charge >= 0.3 is 6.09 Å². The van der Waals surface area contributed by atoms with Gasteiger partial charge in [0.05, 0.1) is 0 Å². The second-order valence-electron chi connectivity index (χ2n) is 6.52. The minimum atomic E-state index is -0.866. The number of aromatic amines is 1. The Hall–Kier alpha value is -3.30. The number of anilines is 1. The number of rotatable bonds is 5. The third-order valence-corrected chi connectivity index (χ3v) is 3.08. The topological polar surface area (TPSA) is 130 Å². The number of nitrogens with one attached hydrogen (secondary N) is 4. The van der Waals surface area contributed by atoms with Gasteiger partial charge in [-0.05, 0) is 39.8 Å². The van der Waals surface area contributed by atoms with Gasteiger partial charge in [0.15, 0.2) is 5.82 Å². The molecule has 0 aliphatic carbocycles. The molecule has 26 heavy (non-hydrogen) atoms. The van der Waals surface area contributed by atoms with Crippen LogP contribution in [0, 0.1) is 0 Å². The van der Waals surface area contributed by atoms with Crippen molar-refractivity contribution in [2.24, 2.45) is 0 Å². The molecule has 1 atom stereocenters. The average molecular weight is 362 g/mol. The molecule has 4 N–H and O–H groups in total. The van der Waals surface area contributed by atoms with Crippen molar-refractivity contribution in [2.75, 3.05) is 10.7 Å². The lowest BCUT2D eigenvalue weighted by molar-refractivity contribution is -0.118. The Balaban J connectivity index is 1.96. The fourth-order valence-electron chi connectivity index (χ4n) is 1.94. The maximum atomic E-state index is 12.3. The van der Waals surface area contributed by atoms with Crippen molar-refractivity contribution >= 4 is 23.7 Å². The van der Waals surface area contributed by atoms with Crippen LogP contribution in [0.25, 0.3) is 0 Å². The molecule has 2 aromatic rings. The lowest BCUT2D eigenvalue weighted by Gasteiger charge is -2.22. The van der Waals surface area contributed by atoms with Gasteiger partial charge < -0.3 is 15.4 Å². The summed E-state index contributed by atoms with van der Waals surface area (Å²) in [7, 11) is 0. The summed E-state index contributed by atoms with van der Waals surface area (Å²) in [4.78, 5) is 36.2. The number of hydrogen-bond acceptors (Lipinski definition) is 5. The molecule has 2 aromatic heterocycles. The fraction of sp³-hybridized carbons (Fsp3) is 0.375. The summed E-state index contributed by atoms with van der Waals surface area (Å²) in [5.74, 6) is -0.606. The summed E-state index contributed by atoms with van der Waals surface area (Å²) < 4.78 is 6.37. The van der Waals surface area contributed by atoms with E-state index in [2.05, 4.69) is 26.3 Å². The first-order valence-corrected chi connectivity index (χ1v) is 7.94. The predicted molar refractivity (Wildman–Crippen MR) is 94.2 cm³/mol. The minimum Gasteiger partial charge on any atom is -0.444 e. The molecule has 0 spiro atoms. The largest absolute Gasteiger partial charge is 0.444 e. The lowest BCUT2D eigenvalue weighted by atomic mass is 10.2. The Bertz CT molecular complexity index is 775. The van der Waals surface area contributed by atoms with Gasteiger partial charge in [0, 0.05) is 18.5 Å². The van der Waals surface area contributed by atoms with Crippen LogP contribution < -0.4 is 16.1 Å². The zero-order valence-corrected chi connectivity index (χ0v) is 15.0. The highest BCUT2D eigenvalue weighted by molar-refractivity contribution is 6.03. The van der Waals surface area contributed by atoms with Crippen molar-refractivity contribution in [1.29, 1.82) is 0 Å². The lowest BCUT2D eigenvalue weighted by Crippen LogP contribution is -2.46. The van der Waals surface area contributed by atoms with E-state index in [0.717, 1.165) is 0 Å². The standard InChI is InChI=1S/C16H22N6O4/c1-10(18-15(25)26-16(2,3)4)13(23)21-22-9-5-6-11(22)14(24)19-12-7-8-17-20-12/h5-10H,1-4H3,(H,18,25)(H,21,23)(H2,17,19,20,24). The molecule has 2 heterocycles. The molecule has 1 unspecified atom stereocenters. The molecule has 0 saturated carbocycles. The van der Waals surface area contributed by atoms with Crippen molar-refractivity contribution in [2.45, 2.75) is 39.3 Å². The molecule has 0 radical (unpaired) electrons. The molecule has 10 heteroatoms. The van der Waals surface area contributed by atoms with Crippen molar-refractivity contribution < 1.29 is 19.1 Å². The van der Waals surface area contributed by atoms with E-state index in [1.165, 1.54) is 23.9 Å². The first-order valence-electron chi connectivity index (χ1n) is 7.94. The Labute approximate surface area is 150 Å². The van der Waals surface area contributed by atoms with Gasteiger partial charge in [-0.3, -0.25) is 24.8 Å². The van der Waals surface area contributed by atoms with Crippen LogP contribution in [-0.2, 0) is 9.53 Å². The molecule has 0 aliphatic rings. The summed E-state index contributed by atoms with van der Waals surface area (Å²) >= 11 is 0. The van der Waals surface area contributed by atoms with Crippen LogP contribution in [0.3, 0.4) is 0 Å². The number of carbonyl (C=O) groups excluding carboxylic acids is 3. The molecule has 0 aliphatic heterocycles. The number of aromatic nitrogens is 3. The number of hydrogen-bond donors (Lipinski definition) is 4. The van der Waals surface area contributed by atoms with Crippen LogP contribution in [0.4, 0.5) is 10.6 Å². The Kier molecular flexibility index (Phi) is 5.65. The van der Waals surface area contributed by atoms with E-state index in [0.29, 0.717) is 5.82 Å².